The van der Waals surface area contributed by atoms with Gasteiger partial charge in [0.2, 0.25) is 12.4 Å². The second-order valence-corrected chi connectivity index (χ2v) is 9.82. The SMILES string of the molecule is O=C(O)c1ccc(S)cc1.[O-]C(=N[n+]1ccccc1)c1ccc(SCC(F)(F)C(F)(F)C(F)(F)C(F)(F)C(F)(F)F)cc1. The number of thioether (sulfide) groups is 1. The second-order valence-electron chi connectivity index (χ2n) is 8.25. The van der Waals surface area contributed by atoms with E-state index in [9.17, 15) is 58.2 Å². The van der Waals surface area contributed by atoms with Crippen LogP contribution in [0.4, 0.5) is 48.3 Å². The number of aromatic carboxylic acids is 1. The number of alkyl halides is 11. The number of hydrogen-bond donors (Lipinski definition) is 2. The Morgan fingerprint density at radius 2 is 1.26 bits per heavy atom. The lowest BCUT2D eigenvalue weighted by molar-refractivity contribution is -0.681. The first-order valence-electron chi connectivity index (χ1n) is 11.2. The van der Waals surface area contributed by atoms with Crippen LogP contribution in [0.5, 0.6) is 0 Å². The average molecular weight is 667 g/mol. The molecule has 1 N–H and O–H groups in total. The van der Waals surface area contributed by atoms with Gasteiger partial charge in [0.05, 0.1) is 17.2 Å². The monoisotopic (exact) mass is 666 g/mol. The van der Waals surface area contributed by atoms with Crippen molar-refractivity contribution in [1.29, 1.82) is 0 Å². The fraction of sp³-hybridized carbons (Fsp3) is 0.240. The van der Waals surface area contributed by atoms with Crippen LogP contribution in [0.25, 0.3) is 0 Å². The van der Waals surface area contributed by atoms with Gasteiger partial charge in [-0.3, -0.25) is 0 Å². The number of nitrogens with zero attached hydrogens (tertiary/aromatic N) is 2. The molecule has 0 aliphatic heterocycles. The minimum absolute atomic E-state index is 0.0795. The minimum atomic E-state index is -7.44. The Kier molecular flexibility index (Phi) is 11.1. The van der Waals surface area contributed by atoms with Crippen LogP contribution >= 0.6 is 24.4 Å². The molecule has 0 saturated carbocycles. The predicted molar refractivity (Wildman–Crippen MR) is 132 cm³/mol. The molecule has 0 aliphatic rings. The molecule has 5 nitrogen and oxygen atoms in total. The van der Waals surface area contributed by atoms with Gasteiger partial charge in [0.15, 0.2) is 0 Å². The lowest BCUT2D eigenvalue weighted by Gasteiger charge is -2.37. The maximum absolute atomic E-state index is 13.7. The van der Waals surface area contributed by atoms with Crippen molar-refractivity contribution in [1.82, 2.24) is 0 Å². The molecule has 43 heavy (non-hydrogen) atoms. The average Bonchev–Trinajstić information content (AvgIpc) is 2.92. The molecule has 1 heterocycles. The molecule has 0 radical (unpaired) electrons. The van der Waals surface area contributed by atoms with Crippen molar-refractivity contribution in [3.63, 3.8) is 0 Å². The molecule has 0 bridgehead atoms. The van der Waals surface area contributed by atoms with Crippen molar-refractivity contribution in [2.45, 2.75) is 39.7 Å². The largest absolute Gasteiger partial charge is 0.854 e. The molecule has 3 aromatic rings. The number of hydrogen-bond acceptors (Lipinski definition) is 5. The Morgan fingerprint density at radius 1 is 0.767 bits per heavy atom. The first kappa shape index (κ1) is 35.7. The summed E-state index contributed by atoms with van der Waals surface area (Å²) in [7, 11) is 0. The number of carboxylic acids is 1. The highest BCUT2D eigenvalue weighted by Gasteiger charge is 2.86. The Hall–Kier alpha value is -3.54. The number of halogens is 11. The van der Waals surface area contributed by atoms with Crippen LogP contribution in [0.15, 0.2) is 94.0 Å². The van der Waals surface area contributed by atoms with Crippen molar-refractivity contribution < 1.29 is 68.0 Å². The molecule has 0 unspecified atom stereocenters. The molecule has 0 fully saturated rings. The fourth-order valence-electron chi connectivity index (χ4n) is 2.79. The standard InChI is InChI=1S/C18H11F11N2OS.C7H6O2S/c19-14(20,15(21,22)16(23,24)17(25,26)18(27,28)29)10-33-12-6-4-11(5-7-12)13(32)30-31-8-2-1-3-9-31;8-7(9)5-1-3-6(10)4-2-5/h1-9H,10H2;1-4,10H,(H,8,9). The Bertz CT molecular complexity index is 1400. The zero-order chi connectivity index (χ0) is 32.9. The van der Waals surface area contributed by atoms with Crippen LogP contribution in [-0.2, 0) is 0 Å². The summed E-state index contributed by atoms with van der Waals surface area (Å²) >= 11 is 3.78. The van der Waals surface area contributed by atoms with E-state index < -0.39 is 47.5 Å². The van der Waals surface area contributed by atoms with Gasteiger partial charge in [-0.1, -0.05) is 22.9 Å². The number of carboxylic acid groups (broad SMARTS) is 1. The maximum Gasteiger partial charge on any atom is 0.460 e. The van der Waals surface area contributed by atoms with E-state index >= 15 is 0 Å². The van der Waals surface area contributed by atoms with E-state index in [-0.39, 0.29) is 27.8 Å². The molecule has 0 amide bonds. The van der Waals surface area contributed by atoms with Crippen LogP contribution in [0, 0.1) is 0 Å². The van der Waals surface area contributed by atoms with Gasteiger partial charge in [0.1, 0.15) is 0 Å². The van der Waals surface area contributed by atoms with Gasteiger partial charge in [0.25, 0.3) is 0 Å². The summed E-state index contributed by atoms with van der Waals surface area (Å²) in [5, 5.41) is 24.1. The fourth-order valence-corrected chi connectivity index (χ4v) is 3.79. The van der Waals surface area contributed by atoms with Crippen molar-refractivity contribution in [3.8, 4) is 0 Å². The lowest BCUT2D eigenvalue weighted by Crippen LogP contribution is -2.66. The van der Waals surface area contributed by atoms with Crippen LogP contribution in [0.1, 0.15) is 15.9 Å². The molecular weight excluding hydrogens is 649 g/mol. The van der Waals surface area contributed by atoms with E-state index in [0.717, 1.165) is 33.8 Å². The summed E-state index contributed by atoms with van der Waals surface area (Å²) in [6.07, 6.45) is -4.36. The molecule has 0 spiro atoms. The van der Waals surface area contributed by atoms with Gasteiger partial charge in [0, 0.05) is 21.9 Å². The number of thiol groups is 1. The minimum Gasteiger partial charge on any atom is -0.854 e. The maximum atomic E-state index is 13.7. The molecular formula is C25H17F11N2O3S2. The number of aromatic nitrogens is 1. The third kappa shape index (κ3) is 8.31. The van der Waals surface area contributed by atoms with Gasteiger partial charge in [-0.2, -0.15) is 48.3 Å². The van der Waals surface area contributed by atoms with E-state index in [1.807, 2.05) is 0 Å². The summed E-state index contributed by atoms with van der Waals surface area (Å²) in [6, 6.07) is 15.0. The molecule has 2 aromatic carbocycles. The van der Waals surface area contributed by atoms with Crippen molar-refractivity contribution in [2.24, 2.45) is 5.10 Å². The Balaban J connectivity index is 0.000000543. The zero-order valence-corrected chi connectivity index (χ0v) is 22.6. The van der Waals surface area contributed by atoms with Gasteiger partial charge in [-0.25, -0.2) is 4.79 Å². The Morgan fingerprint density at radius 3 is 1.72 bits per heavy atom. The topological polar surface area (TPSA) is 76.6 Å². The Labute approximate surface area is 245 Å². The van der Waals surface area contributed by atoms with E-state index in [0.29, 0.717) is 0 Å². The molecule has 0 aliphatic carbocycles. The number of rotatable bonds is 9. The highest BCUT2D eigenvalue weighted by molar-refractivity contribution is 7.99. The van der Waals surface area contributed by atoms with E-state index in [1.54, 1.807) is 30.3 Å². The molecule has 3 rings (SSSR count). The van der Waals surface area contributed by atoms with E-state index in [1.165, 1.54) is 24.5 Å². The van der Waals surface area contributed by atoms with Gasteiger partial charge in [-0.05, 0) is 47.1 Å². The third-order valence-corrected chi connectivity index (χ3v) is 6.56. The van der Waals surface area contributed by atoms with Gasteiger partial charge < -0.3 is 10.2 Å². The van der Waals surface area contributed by atoms with Crippen molar-refractivity contribution >= 4 is 36.3 Å². The summed E-state index contributed by atoms with van der Waals surface area (Å²) in [6.45, 7) is 0. The lowest BCUT2D eigenvalue weighted by atomic mass is 9.99. The highest BCUT2D eigenvalue weighted by Crippen LogP contribution is 2.57. The van der Waals surface area contributed by atoms with Gasteiger partial charge in [-0.15, -0.1) is 24.4 Å². The first-order chi connectivity index (χ1) is 19.6. The smallest absolute Gasteiger partial charge is 0.460 e. The third-order valence-electron chi connectivity index (χ3n) is 5.15. The molecule has 234 valence electrons. The van der Waals surface area contributed by atoms with Gasteiger partial charge >= 0.3 is 35.8 Å². The highest BCUT2D eigenvalue weighted by atomic mass is 32.2. The summed E-state index contributed by atoms with van der Waals surface area (Å²) in [5.74, 6) is -31.8. The normalized spacial score (nSPS) is 13.3. The number of pyridine rings is 1. The number of benzene rings is 2. The molecule has 0 saturated heterocycles. The second kappa shape index (κ2) is 13.4. The van der Waals surface area contributed by atoms with Crippen LogP contribution < -0.4 is 9.78 Å². The first-order valence-corrected chi connectivity index (χ1v) is 12.6. The van der Waals surface area contributed by atoms with Crippen molar-refractivity contribution in [2.75, 3.05) is 5.75 Å². The molecule has 0 atom stereocenters. The molecule has 1 aromatic heterocycles. The van der Waals surface area contributed by atoms with Crippen molar-refractivity contribution in [3.05, 3.63) is 90.3 Å². The predicted octanol–water partition coefficient (Wildman–Crippen LogP) is 6.41. The van der Waals surface area contributed by atoms with E-state index in [2.05, 4.69) is 17.7 Å². The summed E-state index contributed by atoms with van der Waals surface area (Å²) in [5.41, 5.74) is 0.210. The zero-order valence-electron chi connectivity index (χ0n) is 20.9. The van der Waals surface area contributed by atoms with Crippen LogP contribution in [-0.4, -0.2) is 52.6 Å². The van der Waals surface area contributed by atoms with Crippen LogP contribution in [0.3, 0.4) is 0 Å². The van der Waals surface area contributed by atoms with Crippen LogP contribution in [0.2, 0.25) is 0 Å². The summed E-state index contributed by atoms with van der Waals surface area (Å²) in [4.78, 5) is 10.8. The van der Waals surface area contributed by atoms with E-state index in [4.69, 9.17) is 5.11 Å². The quantitative estimate of drug-likeness (QED) is 0.0692. The number of carbonyl (C=O) groups is 1. The summed E-state index contributed by atoms with van der Waals surface area (Å²) < 4.78 is 144. The molecule has 18 heteroatoms.